The van der Waals surface area contributed by atoms with Gasteiger partial charge in [0.1, 0.15) is 11.0 Å². The number of nitrogens with zero attached hydrogens (tertiary/aromatic N) is 1. The lowest BCUT2D eigenvalue weighted by Crippen LogP contribution is -2.40. The number of rotatable bonds is 3. The standard InChI is InChI=1S/C13H21NO3/c1-5-8-13(9-6-7-10(13)14-16)11(15)17-12(2,3)4/h5,16H,1,6-9H2,2-4H3/b14-10-. The fourth-order valence-electron chi connectivity index (χ4n) is 2.23. The Hall–Kier alpha value is -1.32. The summed E-state index contributed by atoms with van der Waals surface area (Å²) in [7, 11) is 0. The maximum Gasteiger partial charge on any atom is 0.318 e. The van der Waals surface area contributed by atoms with Crippen molar-refractivity contribution >= 4 is 11.7 Å². The second-order valence-corrected chi connectivity index (χ2v) is 5.48. The molecule has 1 atom stereocenters. The van der Waals surface area contributed by atoms with Crippen LogP contribution >= 0.6 is 0 Å². The molecule has 1 aliphatic rings. The molecular formula is C13H21NO3. The molecule has 0 radical (unpaired) electrons. The highest BCUT2D eigenvalue weighted by Gasteiger charge is 2.48. The Balaban J connectivity index is 3.00. The van der Waals surface area contributed by atoms with Crippen LogP contribution in [0.1, 0.15) is 46.5 Å². The number of oxime groups is 1. The number of esters is 1. The summed E-state index contributed by atoms with van der Waals surface area (Å²) < 4.78 is 5.43. The second kappa shape index (κ2) is 4.90. The van der Waals surface area contributed by atoms with Gasteiger partial charge in [-0.25, -0.2) is 0 Å². The van der Waals surface area contributed by atoms with Crippen LogP contribution in [0.25, 0.3) is 0 Å². The largest absolute Gasteiger partial charge is 0.459 e. The van der Waals surface area contributed by atoms with Gasteiger partial charge in [0, 0.05) is 0 Å². The third-order valence-corrected chi connectivity index (χ3v) is 2.97. The van der Waals surface area contributed by atoms with E-state index in [4.69, 9.17) is 9.94 Å². The molecule has 4 nitrogen and oxygen atoms in total. The molecule has 0 aromatic carbocycles. The maximum absolute atomic E-state index is 12.3. The van der Waals surface area contributed by atoms with Gasteiger partial charge in [-0.2, -0.15) is 0 Å². The summed E-state index contributed by atoms with van der Waals surface area (Å²) in [6.45, 7) is 9.16. The zero-order valence-corrected chi connectivity index (χ0v) is 10.8. The van der Waals surface area contributed by atoms with E-state index in [-0.39, 0.29) is 5.97 Å². The first-order chi connectivity index (χ1) is 7.85. The van der Waals surface area contributed by atoms with Gasteiger partial charge in [0.2, 0.25) is 0 Å². The topological polar surface area (TPSA) is 58.9 Å². The molecule has 0 saturated heterocycles. The molecule has 1 N–H and O–H groups in total. The minimum atomic E-state index is -0.802. The molecule has 1 rings (SSSR count). The highest BCUT2D eigenvalue weighted by atomic mass is 16.6. The Morgan fingerprint density at radius 1 is 1.65 bits per heavy atom. The Kier molecular flexibility index (Phi) is 3.96. The van der Waals surface area contributed by atoms with Gasteiger partial charge in [-0.3, -0.25) is 4.79 Å². The van der Waals surface area contributed by atoms with Crippen LogP contribution in [0.15, 0.2) is 17.8 Å². The van der Waals surface area contributed by atoms with Crippen LogP contribution in [0.5, 0.6) is 0 Å². The molecule has 0 aromatic heterocycles. The molecule has 1 fully saturated rings. The van der Waals surface area contributed by atoms with Gasteiger partial charge in [-0.15, -0.1) is 6.58 Å². The van der Waals surface area contributed by atoms with Gasteiger partial charge in [-0.05, 0) is 46.5 Å². The highest BCUT2D eigenvalue weighted by molar-refractivity contribution is 6.08. The zero-order chi connectivity index (χ0) is 13.1. The Morgan fingerprint density at radius 3 is 2.76 bits per heavy atom. The van der Waals surface area contributed by atoms with Crippen molar-refractivity contribution < 1.29 is 14.7 Å². The average Bonchev–Trinajstić information content (AvgIpc) is 2.60. The van der Waals surface area contributed by atoms with Crippen LogP contribution in [0.2, 0.25) is 0 Å². The summed E-state index contributed by atoms with van der Waals surface area (Å²) >= 11 is 0. The summed E-state index contributed by atoms with van der Waals surface area (Å²) in [5.74, 6) is -0.310. The Morgan fingerprint density at radius 2 is 2.29 bits per heavy atom. The molecule has 0 aliphatic heterocycles. The van der Waals surface area contributed by atoms with Crippen molar-refractivity contribution in [3.8, 4) is 0 Å². The molecule has 0 amide bonds. The van der Waals surface area contributed by atoms with E-state index < -0.39 is 11.0 Å². The van der Waals surface area contributed by atoms with Crippen molar-refractivity contribution in [1.29, 1.82) is 0 Å². The van der Waals surface area contributed by atoms with Crippen molar-refractivity contribution in [2.45, 2.75) is 52.1 Å². The van der Waals surface area contributed by atoms with E-state index in [0.717, 1.165) is 6.42 Å². The Bertz CT molecular complexity index is 341. The summed E-state index contributed by atoms with van der Waals surface area (Å²) in [4.78, 5) is 12.3. The van der Waals surface area contributed by atoms with Crippen LogP contribution in [0, 0.1) is 5.41 Å². The van der Waals surface area contributed by atoms with Gasteiger partial charge < -0.3 is 9.94 Å². The molecule has 1 aliphatic carbocycles. The van der Waals surface area contributed by atoms with Gasteiger partial charge in [0.15, 0.2) is 0 Å². The number of ether oxygens (including phenoxy) is 1. The molecule has 0 bridgehead atoms. The quantitative estimate of drug-likeness (QED) is 0.356. The molecule has 0 aromatic rings. The normalized spacial score (nSPS) is 27.1. The number of hydrogen-bond donors (Lipinski definition) is 1. The van der Waals surface area contributed by atoms with E-state index in [1.807, 2.05) is 20.8 Å². The van der Waals surface area contributed by atoms with E-state index in [1.54, 1.807) is 6.08 Å². The van der Waals surface area contributed by atoms with Crippen LogP contribution in [-0.4, -0.2) is 22.5 Å². The van der Waals surface area contributed by atoms with E-state index in [1.165, 1.54) is 0 Å². The van der Waals surface area contributed by atoms with E-state index in [0.29, 0.717) is 25.0 Å². The first kappa shape index (κ1) is 13.7. The number of carbonyl (C=O) groups excluding carboxylic acids is 1. The molecule has 96 valence electrons. The predicted molar refractivity (Wildman–Crippen MR) is 66.2 cm³/mol. The summed E-state index contributed by atoms with van der Waals surface area (Å²) in [6.07, 6.45) is 4.28. The lowest BCUT2D eigenvalue weighted by Gasteiger charge is -2.30. The minimum absolute atomic E-state index is 0.310. The molecular weight excluding hydrogens is 218 g/mol. The number of hydrogen-bond acceptors (Lipinski definition) is 4. The SMILES string of the molecule is C=CCC1(C(=O)OC(C)(C)C)CCC/C1=N/O. The van der Waals surface area contributed by atoms with Crippen molar-refractivity contribution in [3.63, 3.8) is 0 Å². The molecule has 0 heterocycles. The van der Waals surface area contributed by atoms with Gasteiger partial charge >= 0.3 is 5.97 Å². The summed E-state index contributed by atoms with van der Waals surface area (Å²) in [5.41, 5.74) is -0.815. The first-order valence-corrected chi connectivity index (χ1v) is 5.91. The van der Waals surface area contributed by atoms with Crippen molar-refractivity contribution in [2.24, 2.45) is 10.6 Å². The number of carbonyl (C=O) groups is 1. The monoisotopic (exact) mass is 239 g/mol. The zero-order valence-electron chi connectivity index (χ0n) is 10.8. The summed E-state index contributed by atoms with van der Waals surface area (Å²) in [5, 5.41) is 12.3. The third-order valence-electron chi connectivity index (χ3n) is 2.97. The van der Waals surface area contributed by atoms with Crippen LogP contribution in [-0.2, 0) is 9.53 Å². The third kappa shape index (κ3) is 2.87. The fraction of sp³-hybridized carbons (Fsp3) is 0.692. The van der Waals surface area contributed by atoms with Crippen molar-refractivity contribution in [2.75, 3.05) is 0 Å². The lowest BCUT2D eigenvalue weighted by molar-refractivity contribution is -0.163. The summed E-state index contributed by atoms with van der Waals surface area (Å²) in [6, 6.07) is 0. The average molecular weight is 239 g/mol. The van der Waals surface area contributed by atoms with E-state index in [2.05, 4.69) is 11.7 Å². The van der Waals surface area contributed by atoms with Gasteiger partial charge in [-0.1, -0.05) is 11.2 Å². The molecule has 0 spiro atoms. The van der Waals surface area contributed by atoms with Crippen molar-refractivity contribution in [1.82, 2.24) is 0 Å². The molecule has 1 saturated carbocycles. The fourth-order valence-corrected chi connectivity index (χ4v) is 2.23. The minimum Gasteiger partial charge on any atom is -0.459 e. The van der Waals surface area contributed by atoms with Gasteiger partial charge in [0.05, 0.1) is 5.71 Å². The molecule has 17 heavy (non-hydrogen) atoms. The predicted octanol–water partition coefficient (Wildman–Crippen LogP) is 2.90. The van der Waals surface area contributed by atoms with Crippen LogP contribution in [0.3, 0.4) is 0 Å². The van der Waals surface area contributed by atoms with Crippen LogP contribution in [0.4, 0.5) is 0 Å². The lowest BCUT2D eigenvalue weighted by atomic mass is 9.81. The smallest absolute Gasteiger partial charge is 0.318 e. The number of allylic oxidation sites excluding steroid dienone is 1. The maximum atomic E-state index is 12.3. The second-order valence-electron chi connectivity index (χ2n) is 5.48. The molecule has 4 heteroatoms. The highest BCUT2D eigenvalue weighted by Crippen LogP contribution is 2.41. The van der Waals surface area contributed by atoms with Crippen molar-refractivity contribution in [3.05, 3.63) is 12.7 Å². The molecule has 1 unspecified atom stereocenters. The first-order valence-electron chi connectivity index (χ1n) is 5.91. The Labute approximate surface area is 102 Å². The van der Waals surface area contributed by atoms with E-state index in [9.17, 15) is 4.79 Å². The van der Waals surface area contributed by atoms with E-state index >= 15 is 0 Å². The van der Waals surface area contributed by atoms with Gasteiger partial charge in [0.25, 0.3) is 0 Å². The van der Waals surface area contributed by atoms with Crippen LogP contribution < -0.4 is 0 Å².